The number of benzene rings is 3. The Labute approximate surface area is 381 Å². The summed E-state index contributed by atoms with van der Waals surface area (Å²) in [5, 5.41) is 25.2. The van der Waals surface area contributed by atoms with Crippen molar-refractivity contribution in [2.75, 3.05) is 93.0 Å². The zero-order valence-electron chi connectivity index (χ0n) is 37.5. The number of hydrogen-bond acceptors (Lipinski definition) is 13. The molecule has 4 saturated heterocycles. The number of nitrogen functional groups attached to an aromatic ring is 1. The smallest absolute Gasteiger partial charge is 0.249 e. The van der Waals surface area contributed by atoms with E-state index < -0.39 is 0 Å². The highest BCUT2D eigenvalue weighted by Crippen LogP contribution is 2.39. The molecule has 15 nitrogen and oxygen atoms in total. The SMILES string of the molecule is C[C@H]1COC[C@H](CNc2cccc(OC3CCN(C(=O)CN4CCC(c5cccc6c5CCCN6C5CCC(=O)NC5=O)CC4)CC3)c2)CN(c2cc(-c3ccccc3O)nnc2N)C1. The van der Waals surface area contributed by atoms with Crippen LogP contribution >= 0.6 is 0 Å². The molecule has 344 valence electrons. The summed E-state index contributed by atoms with van der Waals surface area (Å²) in [6.07, 6.45) is 6.53. The maximum atomic E-state index is 13.6. The number of amides is 3. The van der Waals surface area contributed by atoms with Crippen LogP contribution in [0.15, 0.2) is 72.8 Å². The van der Waals surface area contributed by atoms with Crippen LogP contribution in [0, 0.1) is 11.8 Å². The van der Waals surface area contributed by atoms with Gasteiger partial charge in [-0.1, -0.05) is 37.3 Å². The van der Waals surface area contributed by atoms with Gasteiger partial charge in [-0.05, 0) is 105 Å². The Kier molecular flexibility index (Phi) is 13.7. The van der Waals surface area contributed by atoms with Gasteiger partial charge in [0.1, 0.15) is 23.6 Å². The number of imide groups is 1. The molecule has 3 atom stereocenters. The quantitative estimate of drug-likeness (QED) is 0.140. The Morgan fingerprint density at radius 3 is 2.52 bits per heavy atom. The van der Waals surface area contributed by atoms with Gasteiger partial charge in [0.05, 0.1) is 31.1 Å². The van der Waals surface area contributed by atoms with Crippen molar-refractivity contribution in [1.82, 2.24) is 25.3 Å². The van der Waals surface area contributed by atoms with E-state index >= 15 is 0 Å². The van der Waals surface area contributed by atoms with Crippen LogP contribution < -0.4 is 30.9 Å². The third-order valence-corrected chi connectivity index (χ3v) is 13.9. The number of nitrogens with one attached hydrogen (secondary N) is 2. The Morgan fingerprint density at radius 1 is 0.892 bits per heavy atom. The van der Waals surface area contributed by atoms with Crippen LogP contribution in [0.2, 0.25) is 0 Å². The van der Waals surface area contributed by atoms with Gasteiger partial charge in [0.25, 0.3) is 0 Å². The van der Waals surface area contributed by atoms with Gasteiger partial charge in [0.2, 0.25) is 17.7 Å². The van der Waals surface area contributed by atoms with E-state index in [0.717, 1.165) is 87.5 Å². The zero-order valence-corrected chi connectivity index (χ0v) is 37.5. The number of rotatable bonds is 11. The maximum Gasteiger partial charge on any atom is 0.249 e. The van der Waals surface area contributed by atoms with E-state index in [9.17, 15) is 19.5 Å². The number of para-hydroxylation sites is 1. The molecule has 5 aliphatic heterocycles. The summed E-state index contributed by atoms with van der Waals surface area (Å²) in [6, 6.07) is 23.4. The van der Waals surface area contributed by atoms with Crippen LogP contribution in [0.4, 0.5) is 22.9 Å². The first-order valence-corrected chi connectivity index (χ1v) is 23.6. The molecule has 1 unspecified atom stereocenters. The fourth-order valence-electron chi connectivity index (χ4n) is 10.5. The summed E-state index contributed by atoms with van der Waals surface area (Å²) in [7, 11) is 0. The molecule has 6 heterocycles. The number of carbonyl (C=O) groups is 3. The second-order valence-corrected chi connectivity index (χ2v) is 18.7. The molecule has 1 aromatic heterocycles. The predicted molar refractivity (Wildman–Crippen MR) is 251 cm³/mol. The number of phenols is 1. The van der Waals surface area contributed by atoms with Gasteiger partial charge in [-0.3, -0.25) is 24.6 Å². The number of anilines is 4. The van der Waals surface area contributed by atoms with Gasteiger partial charge in [-0.25, -0.2) is 0 Å². The van der Waals surface area contributed by atoms with Crippen molar-refractivity contribution in [3.05, 3.63) is 83.9 Å². The fourth-order valence-corrected chi connectivity index (χ4v) is 10.5. The molecule has 0 saturated carbocycles. The molecule has 5 aliphatic rings. The van der Waals surface area contributed by atoms with Gasteiger partial charge >= 0.3 is 0 Å². The van der Waals surface area contributed by atoms with E-state index in [0.29, 0.717) is 81.8 Å². The first kappa shape index (κ1) is 44.3. The number of aromatic hydroxyl groups is 1. The highest BCUT2D eigenvalue weighted by Gasteiger charge is 2.36. The number of fused-ring (bicyclic) bond motifs is 1. The Balaban J connectivity index is 0.735. The molecule has 65 heavy (non-hydrogen) atoms. The Hall–Kier alpha value is -5.93. The second kappa shape index (κ2) is 20.1. The lowest BCUT2D eigenvalue weighted by Gasteiger charge is -2.40. The van der Waals surface area contributed by atoms with E-state index in [1.54, 1.807) is 12.1 Å². The molecule has 3 aromatic carbocycles. The van der Waals surface area contributed by atoms with E-state index in [2.05, 4.69) is 66.7 Å². The first-order chi connectivity index (χ1) is 31.6. The third kappa shape index (κ3) is 10.5. The summed E-state index contributed by atoms with van der Waals surface area (Å²) in [5.74, 6) is 1.99. The first-order valence-electron chi connectivity index (χ1n) is 23.6. The lowest BCUT2D eigenvalue weighted by molar-refractivity contribution is -0.135. The van der Waals surface area contributed by atoms with Crippen LogP contribution in [-0.2, 0) is 25.5 Å². The predicted octanol–water partition coefficient (Wildman–Crippen LogP) is 5.44. The van der Waals surface area contributed by atoms with Crippen LogP contribution in [0.1, 0.15) is 68.9 Å². The number of carbonyl (C=O) groups excluding carboxylic acids is 3. The normalized spacial score (nSPS) is 22.7. The number of piperidine rings is 3. The highest BCUT2D eigenvalue weighted by molar-refractivity contribution is 6.01. The lowest BCUT2D eigenvalue weighted by atomic mass is 9.83. The monoisotopic (exact) mass is 885 g/mol. The third-order valence-electron chi connectivity index (χ3n) is 13.9. The van der Waals surface area contributed by atoms with Crippen LogP contribution in [0.25, 0.3) is 11.3 Å². The number of hydrogen-bond donors (Lipinski definition) is 4. The molecule has 9 rings (SSSR count). The summed E-state index contributed by atoms with van der Waals surface area (Å²) in [4.78, 5) is 47.0. The van der Waals surface area contributed by atoms with Crippen molar-refractivity contribution < 1.29 is 29.0 Å². The molecule has 3 amide bonds. The summed E-state index contributed by atoms with van der Waals surface area (Å²) in [5.41, 5.74) is 13.2. The Bertz CT molecular complexity index is 2330. The molecule has 0 bridgehead atoms. The molecule has 0 aliphatic carbocycles. The average molecular weight is 886 g/mol. The lowest BCUT2D eigenvalue weighted by Crippen LogP contribution is -2.54. The number of nitrogens with zero attached hydrogens (tertiary/aromatic N) is 6. The molecule has 0 radical (unpaired) electrons. The molecule has 4 fully saturated rings. The highest BCUT2D eigenvalue weighted by atomic mass is 16.5. The topological polar surface area (TPSA) is 179 Å². The minimum Gasteiger partial charge on any atom is -0.507 e. The molecule has 0 spiro atoms. The summed E-state index contributed by atoms with van der Waals surface area (Å²) < 4.78 is 12.6. The van der Waals surface area contributed by atoms with Crippen molar-refractivity contribution >= 4 is 40.6 Å². The van der Waals surface area contributed by atoms with Crippen molar-refractivity contribution in [3.8, 4) is 22.8 Å². The van der Waals surface area contributed by atoms with Crippen LogP contribution in [0.3, 0.4) is 0 Å². The van der Waals surface area contributed by atoms with Gasteiger partial charge in [-0.2, -0.15) is 0 Å². The maximum absolute atomic E-state index is 13.6. The fraction of sp³-hybridized carbons (Fsp3) is 0.500. The van der Waals surface area contributed by atoms with Crippen LogP contribution in [0.5, 0.6) is 11.5 Å². The minimum atomic E-state index is -0.298. The number of aromatic nitrogens is 2. The van der Waals surface area contributed by atoms with Gasteiger partial charge < -0.3 is 40.3 Å². The summed E-state index contributed by atoms with van der Waals surface area (Å²) in [6.45, 7) is 9.90. The van der Waals surface area contributed by atoms with Crippen molar-refractivity contribution in [2.45, 2.75) is 76.4 Å². The van der Waals surface area contributed by atoms with Gasteiger partial charge in [0, 0.05) is 87.5 Å². The van der Waals surface area contributed by atoms with Crippen molar-refractivity contribution in [1.29, 1.82) is 0 Å². The average Bonchev–Trinajstić information content (AvgIpc) is 3.30. The number of phenolic OH excluding ortho intramolecular Hbond substituents is 1. The molecular weight excluding hydrogens is 823 g/mol. The van der Waals surface area contributed by atoms with Gasteiger partial charge in [0.15, 0.2) is 5.82 Å². The number of ether oxygens (including phenoxy) is 2. The molecule has 4 aromatic rings. The largest absolute Gasteiger partial charge is 0.507 e. The second-order valence-electron chi connectivity index (χ2n) is 18.7. The van der Waals surface area contributed by atoms with Crippen molar-refractivity contribution in [2.24, 2.45) is 11.8 Å². The van der Waals surface area contributed by atoms with E-state index in [-0.39, 0.29) is 47.5 Å². The van der Waals surface area contributed by atoms with Crippen LogP contribution in [-0.4, -0.2) is 127 Å². The minimum absolute atomic E-state index is 0.0319. The zero-order chi connectivity index (χ0) is 44.9. The van der Waals surface area contributed by atoms with E-state index in [4.69, 9.17) is 15.2 Å². The Morgan fingerprint density at radius 2 is 1.71 bits per heavy atom. The van der Waals surface area contributed by atoms with Gasteiger partial charge in [-0.15, -0.1) is 10.2 Å². The van der Waals surface area contributed by atoms with Crippen molar-refractivity contribution in [3.63, 3.8) is 0 Å². The standard InChI is InChI=1S/C50H63N9O6/c1-33-28-58(45-26-42(54-55-49(45)51)41-9-2-3-13-46(41)60)29-34(32-64-31-33)27-52-36-7-4-8-38(25-36)65-37-18-23-57(24-19-37)48(62)30-56-21-16-35(17-22-56)39-10-5-12-43-40(39)11-6-20-59(43)44-14-15-47(61)53-50(44)63/h2-5,7-10,12-13,25-26,33-35,37,44,52,60H,6,11,14-24,27-32H2,1H3,(H2,51,55)(H,53,61,63)/t33-,34-,44?/m1/s1. The number of nitrogens with two attached hydrogens (primary N) is 1. The molecule has 15 heteroatoms. The van der Waals surface area contributed by atoms with E-state index in [1.165, 1.54) is 11.1 Å². The molecular formula is C50H63N9O6. The van der Waals surface area contributed by atoms with E-state index in [1.807, 2.05) is 41.3 Å². The number of likely N-dealkylation sites (tertiary alicyclic amines) is 2. The summed E-state index contributed by atoms with van der Waals surface area (Å²) >= 11 is 0. The molecule has 5 N–H and O–H groups in total.